The molecule has 0 amide bonds. The van der Waals surface area contributed by atoms with Gasteiger partial charge in [-0.3, -0.25) is 0 Å². The molecule has 1 aliphatic rings. The zero-order valence-corrected chi connectivity index (χ0v) is 12.6. The minimum Gasteiger partial charge on any atom is -0.376 e. The van der Waals surface area contributed by atoms with E-state index in [-0.39, 0.29) is 0 Å². The van der Waals surface area contributed by atoms with Gasteiger partial charge in [0.1, 0.15) is 0 Å². The highest BCUT2D eigenvalue weighted by Gasteiger charge is 2.15. The van der Waals surface area contributed by atoms with E-state index in [9.17, 15) is 0 Å². The van der Waals surface area contributed by atoms with E-state index in [1.165, 1.54) is 0 Å². The van der Waals surface area contributed by atoms with Crippen molar-refractivity contribution >= 4 is 17.6 Å². The van der Waals surface area contributed by atoms with E-state index in [1.807, 2.05) is 24.3 Å². The molecule has 1 aromatic rings. The highest BCUT2D eigenvalue weighted by atomic mass is 35.5. The number of hydrogen-bond acceptors (Lipinski definition) is 2. The van der Waals surface area contributed by atoms with Crippen molar-refractivity contribution in [3.8, 4) is 0 Å². The number of halogens is 1. The molecular formula is C15H22ClN3O. The van der Waals surface area contributed by atoms with Crippen LogP contribution in [0.4, 0.5) is 0 Å². The van der Waals surface area contributed by atoms with E-state index in [0.29, 0.717) is 12.6 Å². The van der Waals surface area contributed by atoms with E-state index in [1.54, 1.807) is 0 Å². The number of guanidine groups is 1. The SMILES string of the molecule is CCNC(=NCc1ccc(Cl)cc1)NCC1CCCO1. The fourth-order valence-corrected chi connectivity index (χ4v) is 2.24. The van der Waals surface area contributed by atoms with Crippen molar-refractivity contribution in [3.05, 3.63) is 34.9 Å². The maximum atomic E-state index is 5.87. The third-order valence-corrected chi connectivity index (χ3v) is 3.45. The molecule has 1 heterocycles. The van der Waals surface area contributed by atoms with Crippen molar-refractivity contribution in [3.63, 3.8) is 0 Å². The largest absolute Gasteiger partial charge is 0.376 e. The summed E-state index contributed by atoms with van der Waals surface area (Å²) >= 11 is 5.87. The molecule has 1 fully saturated rings. The van der Waals surface area contributed by atoms with Crippen molar-refractivity contribution in [1.82, 2.24) is 10.6 Å². The maximum absolute atomic E-state index is 5.87. The Morgan fingerprint density at radius 3 is 2.80 bits per heavy atom. The van der Waals surface area contributed by atoms with Crippen molar-refractivity contribution in [2.24, 2.45) is 4.99 Å². The van der Waals surface area contributed by atoms with E-state index < -0.39 is 0 Å². The summed E-state index contributed by atoms with van der Waals surface area (Å²) in [6.45, 7) is 5.23. The summed E-state index contributed by atoms with van der Waals surface area (Å²) in [5, 5.41) is 7.33. The normalized spacial score (nSPS) is 19.1. The van der Waals surface area contributed by atoms with Crippen LogP contribution >= 0.6 is 11.6 Å². The average molecular weight is 296 g/mol. The van der Waals surface area contributed by atoms with Crippen LogP contribution in [0.3, 0.4) is 0 Å². The Kier molecular flexibility index (Phi) is 6.15. The maximum Gasteiger partial charge on any atom is 0.191 e. The fraction of sp³-hybridized carbons (Fsp3) is 0.533. The Balaban J connectivity index is 1.85. The molecule has 5 heteroatoms. The van der Waals surface area contributed by atoms with E-state index in [2.05, 4.69) is 22.5 Å². The molecule has 0 radical (unpaired) electrons. The topological polar surface area (TPSA) is 45.7 Å². The van der Waals surface area contributed by atoms with Gasteiger partial charge in [-0.15, -0.1) is 0 Å². The summed E-state index contributed by atoms with van der Waals surface area (Å²) in [5.74, 6) is 0.831. The van der Waals surface area contributed by atoms with Gasteiger partial charge in [0.25, 0.3) is 0 Å². The minimum atomic E-state index is 0.314. The molecule has 1 aromatic carbocycles. The monoisotopic (exact) mass is 295 g/mol. The van der Waals surface area contributed by atoms with E-state index in [4.69, 9.17) is 16.3 Å². The van der Waals surface area contributed by atoms with Crippen LogP contribution in [0.5, 0.6) is 0 Å². The van der Waals surface area contributed by atoms with E-state index in [0.717, 1.165) is 49.1 Å². The Labute approximate surface area is 125 Å². The Bertz CT molecular complexity index is 427. The second kappa shape index (κ2) is 8.12. The van der Waals surface area contributed by atoms with Gasteiger partial charge in [-0.1, -0.05) is 23.7 Å². The molecule has 0 aliphatic carbocycles. The average Bonchev–Trinajstić information content (AvgIpc) is 2.97. The van der Waals surface area contributed by atoms with Gasteiger partial charge in [0.05, 0.1) is 12.6 Å². The number of nitrogens with one attached hydrogen (secondary N) is 2. The second-order valence-electron chi connectivity index (χ2n) is 4.84. The Hall–Kier alpha value is -1.26. The Morgan fingerprint density at radius 1 is 1.35 bits per heavy atom. The lowest BCUT2D eigenvalue weighted by molar-refractivity contribution is 0.114. The molecular weight excluding hydrogens is 274 g/mol. The lowest BCUT2D eigenvalue weighted by Crippen LogP contribution is -2.41. The lowest BCUT2D eigenvalue weighted by Gasteiger charge is -2.14. The molecule has 20 heavy (non-hydrogen) atoms. The van der Waals surface area contributed by atoms with Gasteiger partial charge in [0.15, 0.2) is 5.96 Å². The van der Waals surface area contributed by atoms with Crippen LogP contribution in [0.15, 0.2) is 29.3 Å². The number of nitrogens with zero attached hydrogens (tertiary/aromatic N) is 1. The molecule has 0 saturated carbocycles. The molecule has 2 rings (SSSR count). The molecule has 0 spiro atoms. The fourth-order valence-electron chi connectivity index (χ4n) is 2.12. The van der Waals surface area contributed by atoms with Crippen LogP contribution < -0.4 is 10.6 Å². The molecule has 1 saturated heterocycles. The predicted octanol–water partition coefficient (Wildman–Crippen LogP) is 2.57. The molecule has 1 unspecified atom stereocenters. The molecule has 0 bridgehead atoms. The second-order valence-corrected chi connectivity index (χ2v) is 5.27. The zero-order valence-electron chi connectivity index (χ0n) is 11.9. The minimum absolute atomic E-state index is 0.314. The quantitative estimate of drug-likeness (QED) is 0.648. The predicted molar refractivity (Wildman–Crippen MR) is 83.2 cm³/mol. The number of hydrogen-bond donors (Lipinski definition) is 2. The summed E-state index contributed by atoms with van der Waals surface area (Å²) in [6, 6.07) is 7.77. The van der Waals surface area contributed by atoms with Gasteiger partial charge in [-0.25, -0.2) is 4.99 Å². The first-order valence-electron chi connectivity index (χ1n) is 7.16. The highest BCUT2D eigenvalue weighted by Crippen LogP contribution is 2.11. The Morgan fingerprint density at radius 2 is 2.15 bits per heavy atom. The smallest absolute Gasteiger partial charge is 0.191 e. The summed E-state index contributed by atoms with van der Waals surface area (Å²) in [6.07, 6.45) is 2.60. The summed E-state index contributed by atoms with van der Waals surface area (Å²) in [4.78, 5) is 4.57. The third kappa shape index (κ3) is 5.02. The van der Waals surface area contributed by atoms with Gasteiger partial charge in [0, 0.05) is 24.7 Å². The number of rotatable bonds is 5. The summed E-state index contributed by atoms with van der Waals surface area (Å²) < 4.78 is 5.60. The molecule has 4 nitrogen and oxygen atoms in total. The van der Waals surface area contributed by atoms with Gasteiger partial charge < -0.3 is 15.4 Å². The van der Waals surface area contributed by atoms with Crippen LogP contribution in [0.2, 0.25) is 5.02 Å². The van der Waals surface area contributed by atoms with Gasteiger partial charge >= 0.3 is 0 Å². The number of ether oxygens (including phenoxy) is 1. The first-order chi connectivity index (χ1) is 9.78. The van der Waals surface area contributed by atoms with E-state index >= 15 is 0 Å². The molecule has 1 aliphatic heterocycles. The molecule has 1 atom stereocenters. The first kappa shape index (κ1) is 15.1. The first-order valence-corrected chi connectivity index (χ1v) is 7.54. The summed E-state index contributed by atoms with van der Waals surface area (Å²) in [5.41, 5.74) is 1.14. The van der Waals surface area contributed by atoms with Crippen LogP contribution in [-0.4, -0.2) is 31.8 Å². The van der Waals surface area contributed by atoms with Crippen LogP contribution in [0, 0.1) is 0 Å². The molecule has 0 aromatic heterocycles. The van der Waals surface area contributed by atoms with Crippen LogP contribution in [-0.2, 0) is 11.3 Å². The summed E-state index contributed by atoms with van der Waals surface area (Å²) in [7, 11) is 0. The zero-order chi connectivity index (χ0) is 14.2. The van der Waals surface area contributed by atoms with Gasteiger partial charge in [0.2, 0.25) is 0 Å². The van der Waals surface area contributed by atoms with Crippen molar-refractivity contribution in [2.75, 3.05) is 19.7 Å². The van der Waals surface area contributed by atoms with Crippen LogP contribution in [0.25, 0.3) is 0 Å². The van der Waals surface area contributed by atoms with Crippen molar-refractivity contribution < 1.29 is 4.74 Å². The van der Waals surface area contributed by atoms with Crippen LogP contribution in [0.1, 0.15) is 25.3 Å². The third-order valence-electron chi connectivity index (χ3n) is 3.20. The lowest BCUT2D eigenvalue weighted by atomic mass is 10.2. The van der Waals surface area contributed by atoms with Crippen molar-refractivity contribution in [2.45, 2.75) is 32.4 Å². The standard InChI is InChI=1S/C15H22ClN3O/c1-2-17-15(19-11-14-4-3-9-20-14)18-10-12-5-7-13(16)8-6-12/h5-8,14H,2-4,9-11H2,1H3,(H2,17,18,19). The molecule has 2 N–H and O–H groups in total. The number of aliphatic imine (C=N–C) groups is 1. The number of benzene rings is 1. The molecule has 110 valence electrons. The van der Waals surface area contributed by atoms with Gasteiger partial charge in [-0.2, -0.15) is 0 Å². The van der Waals surface area contributed by atoms with Crippen molar-refractivity contribution in [1.29, 1.82) is 0 Å². The highest BCUT2D eigenvalue weighted by molar-refractivity contribution is 6.30. The van der Waals surface area contributed by atoms with Gasteiger partial charge in [-0.05, 0) is 37.5 Å².